The first-order valence-corrected chi connectivity index (χ1v) is 2.88. The molecule has 0 bridgehead atoms. The molecule has 0 aromatic heterocycles. The van der Waals surface area contributed by atoms with Gasteiger partial charge in [-0.3, -0.25) is 0 Å². The summed E-state index contributed by atoms with van der Waals surface area (Å²) in [5, 5.41) is 26.1. The summed E-state index contributed by atoms with van der Waals surface area (Å²) in [4.78, 5) is 0. The van der Waals surface area contributed by atoms with Gasteiger partial charge in [0.25, 0.3) is 0 Å². The summed E-state index contributed by atoms with van der Waals surface area (Å²) in [5.74, 6) is 0. The highest BCUT2D eigenvalue weighted by Crippen LogP contribution is 2.18. The van der Waals surface area contributed by atoms with Crippen LogP contribution in [-0.4, -0.2) is 35.1 Å². The Morgan fingerprint density at radius 3 is 1.56 bits per heavy atom. The van der Waals surface area contributed by atoms with Crippen molar-refractivity contribution >= 4 is 0 Å². The number of rotatable bonds is 4. The molecule has 0 fully saturated rings. The second kappa shape index (κ2) is 3.82. The zero-order chi connectivity index (χ0) is 8.20. The Balaban J connectivity index is 4.15. The van der Waals surface area contributed by atoms with Crippen molar-refractivity contribution in [1.29, 1.82) is 0 Å². The van der Waals surface area contributed by atoms with E-state index in [1.54, 1.807) is 0 Å². The van der Waals surface area contributed by atoms with E-state index >= 15 is 0 Å². The first kappa shape index (κ1) is 6.99. The fraction of sp³-hybridized carbons (Fsp3) is 1.00. The molecule has 3 nitrogen and oxygen atoms in total. The first-order valence-electron chi connectivity index (χ1n) is 3.45. The molecule has 0 radical (unpaired) electrons. The van der Waals surface area contributed by atoms with Gasteiger partial charge in [0.05, 0.1) is 19.8 Å². The number of aliphatic hydroxyl groups is 3. The summed E-state index contributed by atoms with van der Waals surface area (Å²) in [6.07, 6.45) is -0.660. The van der Waals surface area contributed by atoms with E-state index in [9.17, 15) is 0 Å². The second-order valence-corrected chi connectivity index (χ2v) is 2.13. The maximum Gasteiger partial charge on any atom is 0.0531 e. The highest BCUT2D eigenvalue weighted by molar-refractivity contribution is 4.74. The van der Waals surface area contributed by atoms with Crippen molar-refractivity contribution in [1.82, 2.24) is 0 Å². The zero-order valence-electron chi connectivity index (χ0n) is 6.54. The van der Waals surface area contributed by atoms with E-state index in [1.807, 2.05) is 0 Å². The molecule has 0 aliphatic heterocycles. The summed E-state index contributed by atoms with van der Waals surface area (Å²) < 4.78 is 7.20. The monoisotopic (exact) mass is 135 g/mol. The maximum atomic E-state index is 8.71. The van der Waals surface area contributed by atoms with Gasteiger partial charge in [0.2, 0.25) is 0 Å². The molecule has 0 aliphatic carbocycles. The summed E-state index contributed by atoms with van der Waals surface area (Å²) in [6, 6.07) is 0. The van der Waals surface area contributed by atoms with Crippen molar-refractivity contribution in [3.63, 3.8) is 0 Å². The van der Waals surface area contributed by atoms with Crippen LogP contribution in [0, 0.1) is 5.41 Å². The number of hydrogen-bond donors (Lipinski definition) is 3. The molecule has 0 spiro atoms. The van der Waals surface area contributed by atoms with Crippen molar-refractivity contribution in [3.8, 4) is 0 Å². The molecule has 0 aromatic carbocycles. The van der Waals surface area contributed by atoms with Crippen LogP contribution in [0.4, 0.5) is 0 Å². The summed E-state index contributed by atoms with van der Waals surface area (Å²) in [6.45, 7) is 0.461. The van der Waals surface area contributed by atoms with Gasteiger partial charge in [0.1, 0.15) is 0 Å². The second-order valence-electron chi connectivity index (χ2n) is 2.13. The van der Waals surface area contributed by atoms with Gasteiger partial charge in [-0.1, -0.05) is 6.92 Å². The molecule has 0 aliphatic rings. The van der Waals surface area contributed by atoms with Crippen LogP contribution in [0.15, 0.2) is 0 Å². The largest absolute Gasteiger partial charge is 0.396 e. The molecule has 3 heteroatoms. The SMILES string of the molecule is [2H]C(C)C(CO)(CO)CO. The van der Waals surface area contributed by atoms with E-state index in [-0.39, 0.29) is 19.8 Å². The minimum Gasteiger partial charge on any atom is -0.396 e. The van der Waals surface area contributed by atoms with Gasteiger partial charge < -0.3 is 15.3 Å². The minimum absolute atomic E-state index is 0.356. The van der Waals surface area contributed by atoms with Gasteiger partial charge >= 0.3 is 0 Å². The fourth-order valence-electron chi connectivity index (χ4n) is 0.424. The Bertz CT molecular complexity index is 82.7. The summed E-state index contributed by atoms with van der Waals surface area (Å²) in [7, 11) is 0. The lowest BCUT2D eigenvalue weighted by Crippen LogP contribution is -2.32. The van der Waals surface area contributed by atoms with Gasteiger partial charge in [0.15, 0.2) is 0 Å². The van der Waals surface area contributed by atoms with Crippen LogP contribution in [0.25, 0.3) is 0 Å². The van der Waals surface area contributed by atoms with Gasteiger partial charge in [-0.05, 0) is 6.40 Å². The lowest BCUT2D eigenvalue weighted by atomic mass is 9.88. The highest BCUT2D eigenvalue weighted by Gasteiger charge is 2.24. The van der Waals surface area contributed by atoms with Crippen LogP contribution in [0.3, 0.4) is 0 Å². The Labute approximate surface area is 56.4 Å². The molecule has 0 saturated carbocycles. The topological polar surface area (TPSA) is 60.7 Å². The van der Waals surface area contributed by atoms with E-state index in [1.165, 1.54) is 6.92 Å². The van der Waals surface area contributed by atoms with E-state index in [4.69, 9.17) is 16.7 Å². The molecule has 56 valence electrons. The van der Waals surface area contributed by atoms with Crippen LogP contribution in [0.1, 0.15) is 14.7 Å². The number of hydrogen-bond acceptors (Lipinski definition) is 3. The third-order valence-corrected chi connectivity index (χ3v) is 1.56. The maximum absolute atomic E-state index is 8.71. The van der Waals surface area contributed by atoms with E-state index in [0.29, 0.717) is 0 Å². The van der Waals surface area contributed by atoms with Crippen LogP contribution >= 0.6 is 0 Å². The average Bonchev–Trinajstić information content (AvgIpc) is 1.92. The van der Waals surface area contributed by atoms with Crippen LogP contribution in [-0.2, 0) is 0 Å². The third kappa shape index (κ3) is 1.93. The molecule has 1 unspecified atom stereocenters. The quantitative estimate of drug-likeness (QED) is 0.480. The highest BCUT2D eigenvalue weighted by atomic mass is 16.3. The molecule has 0 saturated heterocycles. The Morgan fingerprint density at radius 2 is 1.56 bits per heavy atom. The molecule has 9 heavy (non-hydrogen) atoms. The predicted molar refractivity (Wildman–Crippen MR) is 34.0 cm³/mol. The smallest absolute Gasteiger partial charge is 0.0531 e. The molecule has 3 N–H and O–H groups in total. The van der Waals surface area contributed by atoms with Gasteiger partial charge in [-0.2, -0.15) is 0 Å². The number of aliphatic hydroxyl groups excluding tert-OH is 3. The van der Waals surface area contributed by atoms with Gasteiger partial charge in [0, 0.05) is 6.79 Å². The standard InChI is InChI=1S/C6H14O3/c1-2-6(3-7,4-8)5-9/h7-9H,2-5H2,1H3/i2D. The average molecular weight is 135 g/mol. The zero-order valence-corrected chi connectivity index (χ0v) is 5.54. The van der Waals surface area contributed by atoms with Gasteiger partial charge in [-0.25, -0.2) is 0 Å². The van der Waals surface area contributed by atoms with Crippen molar-refractivity contribution in [2.45, 2.75) is 13.3 Å². The van der Waals surface area contributed by atoms with Crippen molar-refractivity contribution in [2.75, 3.05) is 19.8 Å². The van der Waals surface area contributed by atoms with Crippen LogP contribution in [0.5, 0.6) is 0 Å². The Kier molecular flexibility index (Phi) is 2.97. The van der Waals surface area contributed by atoms with Crippen molar-refractivity contribution in [3.05, 3.63) is 0 Å². The van der Waals surface area contributed by atoms with Crippen molar-refractivity contribution in [2.24, 2.45) is 5.41 Å². The van der Waals surface area contributed by atoms with Crippen LogP contribution in [0.2, 0.25) is 0 Å². The molecular weight excluding hydrogens is 120 g/mol. The lowest BCUT2D eigenvalue weighted by Gasteiger charge is -2.24. The molecule has 0 amide bonds. The lowest BCUT2D eigenvalue weighted by molar-refractivity contribution is 0.00304. The Hall–Kier alpha value is -0.120. The molecule has 0 aromatic rings. The summed E-state index contributed by atoms with van der Waals surface area (Å²) >= 11 is 0. The Morgan fingerprint density at radius 1 is 1.22 bits per heavy atom. The van der Waals surface area contributed by atoms with E-state index in [0.717, 1.165) is 0 Å². The van der Waals surface area contributed by atoms with Crippen molar-refractivity contribution < 1.29 is 16.7 Å². The third-order valence-electron chi connectivity index (χ3n) is 1.56. The van der Waals surface area contributed by atoms with E-state index in [2.05, 4.69) is 0 Å². The van der Waals surface area contributed by atoms with Gasteiger partial charge in [-0.15, -0.1) is 0 Å². The van der Waals surface area contributed by atoms with Crippen LogP contribution < -0.4 is 0 Å². The van der Waals surface area contributed by atoms with E-state index < -0.39 is 11.8 Å². The predicted octanol–water partition coefficient (Wildman–Crippen LogP) is -0.640. The summed E-state index contributed by atoms with van der Waals surface area (Å²) in [5.41, 5.74) is -1.04. The molecule has 1 atom stereocenters. The fourth-order valence-corrected chi connectivity index (χ4v) is 0.424. The molecule has 0 rings (SSSR count). The minimum atomic E-state index is -1.04. The normalized spacial score (nSPS) is 17.1. The molecule has 0 heterocycles. The molecular formula is C6H14O3. The first-order chi connectivity index (χ1) is 4.63.